The van der Waals surface area contributed by atoms with E-state index in [1.165, 1.54) is 0 Å². The largest absolute Gasteiger partial charge is 0.396 e. The molecule has 0 aliphatic carbocycles. The molecular weight excluding hydrogens is 242 g/mol. The van der Waals surface area contributed by atoms with E-state index in [0.717, 1.165) is 58.2 Å². The Labute approximate surface area is 116 Å². The van der Waals surface area contributed by atoms with E-state index in [9.17, 15) is 9.90 Å². The van der Waals surface area contributed by atoms with Crippen molar-refractivity contribution in [3.05, 3.63) is 0 Å². The molecule has 2 aliphatic rings. The molecule has 0 radical (unpaired) electrons. The number of piperidine rings is 1. The lowest BCUT2D eigenvalue weighted by molar-refractivity contribution is -0.134. The molecule has 2 heterocycles. The SMILES string of the molecule is CCC1(CO)CCN(C(=O)CCC2CCCO2)CC1. The molecule has 2 saturated heterocycles. The van der Waals surface area contributed by atoms with Crippen molar-refractivity contribution in [3.8, 4) is 0 Å². The van der Waals surface area contributed by atoms with Gasteiger partial charge in [-0.15, -0.1) is 0 Å². The van der Waals surface area contributed by atoms with Crippen LogP contribution in [0.15, 0.2) is 0 Å². The predicted molar refractivity (Wildman–Crippen MR) is 73.8 cm³/mol. The van der Waals surface area contributed by atoms with Crippen LogP contribution in [0.25, 0.3) is 0 Å². The van der Waals surface area contributed by atoms with Crippen LogP contribution < -0.4 is 0 Å². The molecule has 0 aromatic carbocycles. The van der Waals surface area contributed by atoms with Gasteiger partial charge >= 0.3 is 0 Å². The third kappa shape index (κ3) is 3.69. The van der Waals surface area contributed by atoms with E-state index < -0.39 is 0 Å². The maximum absolute atomic E-state index is 12.2. The number of aliphatic hydroxyl groups is 1. The molecule has 2 rings (SSSR count). The number of hydrogen-bond acceptors (Lipinski definition) is 3. The second-order valence-electron chi connectivity index (χ2n) is 6.07. The molecule has 0 aromatic heterocycles. The average molecular weight is 269 g/mol. The molecule has 1 N–H and O–H groups in total. The highest BCUT2D eigenvalue weighted by Crippen LogP contribution is 2.34. The predicted octanol–water partition coefficient (Wildman–Crippen LogP) is 1.96. The minimum absolute atomic E-state index is 0.0609. The summed E-state index contributed by atoms with van der Waals surface area (Å²) >= 11 is 0. The summed E-state index contributed by atoms with van der Waals surface area (Å²) < 4.78 is 5.55. The molecular formula is C15H27NO3. The fraction of sp³-hybridized carbons (Fsp3) is 0.933. The number of rotatable bonds is 5. The third-order valence-electron chi connectivity index (χ3n) is 4.97. The molecule has 4 heteroatoms. The van der Waals surface area contributed by atoms with Crippen molar-refractivity contribution in [2.24, 2.45) is 5.41 Å². The Hall–Kier alpha value is -0.610. The van der Waals surface area contributed by atoms with Gasteiger partial charge in [0.05, 0.1) is 6.10 Å². The normalized spacial score (nSPS) is 26.6. The van der Waals surface area contributed by atoms with Gasteiger partial charge in [-0.05, 0) is 43.9 Å². The quantitative estimate of drug-likeness (QED) is 0.830. The molecule has 0 bridgehead atoms. The van der Waals surface area contributed by atoms with Crippen molar-refractivity contribution >= 4 is 5.91 Å². The summed E-state index contributed by atoms with van der Waals surface area (Å²) in [5.41, 5.74) is 0.0609. The number of likely N-dealkylation sites (tertiary alicyclic amines) is 1. The van der Waals surface area contributed by atoms with E-state index in [2.05, 4.69) is 6.92 Å². The maximum atomic E-state index is 12.2. The highest BCUT2D eigenvalue weighted by molar-refractivity contribution is 5.76. The molecule has 0 spiro atoms. The van der Waals surface area contributed by atoms with Gasteiger partial charge in [0.2, 0.25) is 5.91 Å². The Balaban J connectivity index is 1.72. The third-order valence-corrected chi connectivity index (χ3v) is 4.97. The second-order valence-corrected chi connectivity index (χ2v) is 6.07. The van der Waals surface area contributed by atoms with Crippen LogP contribution in [-0.2, 0) is 9.53 Å². The fourth-order valence-electron chi connectivity index (χ4n) is 3.17. The summed E-state index contributed by atoms with van der Waals surface area (Å²) in [5.74, 6) is 0.262. The highest BCUT2D eigenvalue weighted by Gasteiger charge is 2.33. The van der Waals surface area contributed by atoms with Gasteiger partial charge in [-0.25, -0.2) is 0 Å². The van der Waals surface area contributed by atoms with Crippen LogP contribution in [0.1, 0.15) is 51.9 Å². The molecule has 2 aliphatic heterocycles. The van der Waals surface area contributed by atoms with Crippen molar-refractivity contribution in [3.63, 3.8) is 0 Å². The molecule has 1 amide bonds. The van der Waals surface area contributed by atoms with Crippen molar-refractivity contribution in [2.45, 2.75) is 58.0 Å². The lowest BCUT2D eigenvalue weighted by Gasteiger charge is -2.40. The summed E-state index contributed by atoms with van der Waals surface area (Å²) in [6.07, 6.45) is 6.91. The molecule has 110 valence electrons. The van der Waals surface area contributed by atoms with Gasteiger partial charge in [-0.2, -0.15) is 0 Å². The van der Waals surface area contributed by atoms with Gasteiger partial charge in [-0.3, -0.25) is 4.79 Å². The van der Waals surface area contributed by atoms with Gasteiger partial charge in [0.25, 0.3) is 0 Å². The Kier molecular flexibility index (Phi) is 5.22. The zero-order valence-electron chi connectivity index (χ0n) is 12.1. The van der Waals surface area contributed by atoms with Crippen LogP contribution in [-0.4, -0.2) is 48.3 Å². The standard InChI is InChI=1S/C15H27NO3/c1-2-15(12-17)7-9-16(10-8-15)14(18)6-5-13-4-3-11-19-13/h13,17H,2-12H2,1H3. The summed E-state index contributed by atoms with van der Waals surface area (Å²) in [6, 6.07) is 0. The first-order valence-electron chi connectivity index (χ1n) is 7.69. The molecule has 1 atom stereocenters. The number of ether oxygens (including phenoxy) is 1. The van der Waals surface area contributed by atoms with E-state index >= 15 is 0 Å². The zero-order chi connectivity index (χ0) is 13.7. The van der Waals surface area contributed by atoms with E-state index in [1.807, 2.05) is 4.90 Å². The molecule has 2 fully saturated rings. The maximum Gasteiger partial charge on any atom is 0.222 e. The lowest BCUT2D eigenvalue weighted by atomic mass is 9.77. The fourth-order valence-corrected chi connectivity index (χ4v) is 3.17. The highest BCUT2D eigenvalue weighted by atomic mass is 16.5. The number of nitrogens with zero attached hydrogens (tertiary/aromatic N) is 1. The van der Waals surface area contributed by atoms with Crippen LogP contribution in [0.2, 0.25) is 0 Å². The van der Waals surface area contributed by atoms with Crippen molar-refractivity contribution in [1.82, 2.24) is 4.90 Å². The monoisotopic (exact) mass is 269 g/mol. The Morgan fingerprint density at radius 3 is 2.68 bits per heavy atom. The molecule has 1 unspecified atom stereocenters. The Bertz CT molecular complexity index is 286. The molecule has 4 nitrogen and oxygen atoms in total. The smallest absolute Gasteiger partial charge is 0.222 e. The number of aliphatic hydroxyl groups excluding tert-OH is 1. The number of hydrogen-bond donors (Lipinski definition) is 1. The summed E-state index contributed by atoms with van der Waals surface area (Å²) in [7, 11) is 0. The number of amides is 1. The molecule has 19 heavy (non-hydrogen) atoms. The first-order chi connectivity index (χ1) is 9.19. The second kappa shape index (κ2) is 6.71. The molecule has 0 aromatic rings. The van der Waals surface area contributed by atoms with Gasteiger partial charge in [0, 0.05) is 32.7 Å². The first kappa shape index (κ1) is 14.8. The summed E-state index contributed by atoms with van der Waals surface area (Å²) in [5, 5.41) is 9.49. The lowest BCUT2D eigenvalue weighted by Crippen LogP contribution is -2.44. The van der Waals surface area contributed by atoms with Crippen LogP contribution in [0.3, 0.4) is 0 Å². The van der Waals surface area contributed by atoms with E-state index in [-0.39, 0.29) is 17.9 Å². The van der Waals surface area contributed by atoms with Crippen molar-refractivity contribution in [1.29, 1.82) is 0 Å². The average Bonchev–Trinajstić information content (AvgIpc) is 2.98. The first-order valence-corrected chi connectivity index (χ1v) is 7.69. The van der Waals surface area contributed by atoms with Gasteiger partial charge in [-0.1, -0.05) is 6.92 Å². The van der Waals surface area contributed by atoms with E-state index in [4.69, 9.17) is 4.74 Å². The van der Waals surface area contributed by atoms with Crippen LogP contribution >= 0.6 is 0 Å². The van der Waals surface area contributed by atoms with Crippen molar-refractivity contribution in [2.75, 3.05) is 26.3 Å². The number of carbonyl (C=O) groups excluding carboxylic acids is 1. The van der Waals surface area contributed by atoms with E-state index in [0.29, 0.717) is 12.5 Å². The minimum Gasteiger partial charge on any atom is -0.396 e. The van der Waals surface area contributed by atoms with Crippen LogP contribution in [0, 0.1) is 5.41 Å². The Morgan fingerprint density at radius 1 is 1.42 bits per heavy atom. The van der Waals surface area contributed by atoms with E-state index in [1.54, 1.807) is 0 Å². The summed E-state index contributed by atoms with van der Waals surface area (Å²) in [4.78, 5) is 14.1. The topological polar surface area (TPSA) is 49.8 Å². The van der Waals surface area contributed by atoms with Gasteiger partial charge in [0.1, 0.15) is 0 Å². The van der Waals surface area contributed by atoms with Gasteiger partial charge < -0.3 is 14.7 Å². The number of carbonyl (C=O) groups is 1. The van der Waals surface area contributed by atoms with Crippen LogP contribution in [0.5, 0.6) is 0 Å². The minimum atomic E-state index is 0.0609. The van der Waals surface area contributed by atoms with Crippen molar-refractivity contribution < 1.29 is 14.6 Å². The zero-order valence-corrected chi connectivity index (χ0v) is 12.1. The molecule has 0 saturated carbocycles. The van der Waals surface area contributed by atoms with Crippen LogP contribution in [0.4, 0.5) is 0 Å². The van der Waals surface area contributed by atoms with Gasteiger partial charge in [0.15, 0.2) is 0 Å². The summed E-state index contributed by atoms with van der Waals surface area (Å²) in [6.45, 7) is 4.85. The Morgan fingerprint density at radius 2 is 2.16 bits per heavy atom.